The highest BCUT2D eigenvalue weighted by Crippen LogP contribution is 1.88. The lowest BCUT2D eigenvalue weighted by molar-refractivity contribution is 1.27. The van der Waals surface area contributed by atoms with Crippen molar-refractivity contribution in [3.63, 3.8) is 0 Å². The molecule has 1 nitrogen and oxygen atoms in total. The molecule has 35 valence electrons. The van der Waals surface area contributed by atoms with Gasteiger partial charge < -0.3 is 0 Å². The first-order chi connectivity index (χ1) is 3.39. The Morgan fingerprint density at radius 3 is 2.86 bits per heavy atom. The standard InChI is InChI=1S/C6H6N/c1-6-2-4-7-5-3-6/h2-4H,1H3. The summed E-state index contributed by atoms with van der Waals surface area (Å²) >= 11 is 0. The van der Waals surface area contributed by atoms with E-state index in [-0.39, 0.29) is 0 Å². The summed E-state index contributed by atoms with van der Waals surface area (Å²) in [6.45, 7) is 2.01. The summed E-state index contributed by atoms with van der Waals surface area (Å²) in [5, 5.41) is 0. The molecule has 1 rings (SSSR count). The van der Waals surface area contributed by atoms with Crippen molar-refractivity contribution in [3.8, 4) is 0 Å². The molecule has 0 aliphatic rings. The highest BCUT2D eigenvalue weighted by atomic mass is 14.6. The molecule has 0 aliphatic heterocycles. The van der Waals surface area contributed by atoms with E-state index < -0.39 is 0 Å². The third-order valence-electron chi connectivity index (χ3n) is 0.779. The Morgan fingerprint density at radius 1 is 1.71 bits per heavy atom. The number of rotatable bonds is 0. The number of aromatic nitrogens is 1. The molecule has 1 radical (unpaired) electrons. The Kier molecular flexibility index (Phi) is 1.07. The van der Waals surface area contributed by atoms with Crippen molar-refractivity contribution in [2.24, 2.45) is 0 Å². The van der Waals surface area contributed by atoms with E-state index in [9.17, 15) is 0 Å². The highest BCUT2D eigenvalue weighted by Gasteiger charge is 1.73. The summed E-state index contributed by atoms with van der Waals surface area (Å²) in [4.78, 5) is 3.72. The third-order valence-corrected chi connectivity index (χ3v) is 0.779. The molecule has 0 atom stereocenters. The normalized spacial score (nSPS) is 8.71. The maximum atomic E-state index is 3.72. The minimum Gasteiger partial charge on any atom is -0.255 e. The number of hydrogen-bond donors (Lipinski definition) is 0. The zero-order valence-electron chi connectivity index (χ0n) is 4.18. The Morgan fingerprint density at radius 2 is 2.57 bits per heavy atom. The second-order valence-electron chi connectivity index (χ2n) is 1.46. The van der Waals surface area contributed by atoms with E-state index in [1.165, 1.54) is 5.56 Å². The summed E-state index contributed by atoms with van der Waals surface area (Å²) in [5.74, 6) is 0. The second kappa shape index (κ2) is 1.73. The lowest BCUT2D eigenvalue weighted by Gasteiger charge is -1.81. The molecule has 1 aromatic rings. The molecule has 7 heavy (non-hydrogen) atoms. The zero-order valence-corrected chi connectivity index (χ0v) is 4.18. The molecule has 1 heteroatoms. The number of pyridine rings is 1. The lowest BCUT2D eigenvalue weighted by Crippen LogP contribution is -1.69. The molecule has 0 amide bonds. The summed E-state index contributed by atoms with van der Waals surface area (Å²) in [5.41, 5.74) is 1.20. The second-order valence-corrected chi connectivity index (χ2v) is 1.46. The van der Waals surface area contributed by atoms with Crippen LogP contribution < -0.4 is 0 Å². The molecule has 0 unspecified atom stereocenters. The van der Waals surface area contributed by atoms with Crippen molar-refractivity contribution in [1.82, 2.24) is 4.98 Å². The van der Waals surface area contributed by atoms with Crippen LogP contribution in [0.4, 0.5) is 0 Å². The molecule has 0 aromatic carbocycles. The molecule has 0 aliphatic carbocycles. The van der Waals surface area contributed by atoms with Gasteiger partial charge in [0.05, 0.1) is 6.20 Å². The predicted octanol–water partition coefficient (Wildman–Crippen LogP) is 1.19. The average molecular weight is 92.1 g/mol. The highest BCUT2D eigenvalue weighted by molar-refractivity contribution is 5.04. The smallest absolute Gasteiger partial charge is 0.0888 e. The molecule has 0 spiro atoms. The summed E-state index contributed by atoms with van der Waals surface area (Å²) < 4.78 is 0. The number of aryl methyl sites for hydroxylation is 1. The van der Waals surface area contributed by atoms with E-state index in [1.807, 2.05) is 19.1 Å². The molecule has 0 saturated heterocycles. The Labute approximate surface area is 43.0 Å². The predicted molar refractivity (Wildman–Crippen MR) is 27.8 cm³/mol. The first kappa shape index (κ1) is 4.31. The fraction of sp³-hybridized carbons (Fsp3) is 0.167. The quantitative estimate of drug-likeness (QED) is 0.468. The monoisotopic (exact) mass is 92.1 g/mol. The van der Waals surface area contributed by atoms with Gasteiger partial charge >= 0.3 is 0 Å². The van der Waals surface area contributed by atoms with E-state index in [0.717, 1.165) is 0 Å². The largest absolute Gasteiger partial charge is 0.255 e. The van der Waals surface area contributed by atoms with Crippen LogP contribution in [0.3, 0.4) is 0 Å². The van der Waals surface area contributed by atoms with Gasteiger partial charge in [-0.25, -0.2) is 0 Å². The maximum Gasteiger partial charge on any atom is 0.0888 e. The van der Waals surface area contributed by atoms with Crippen molar-refractivity contribution in [2.75, 3.05) is 0 Å². The molecular weight excluding hydrogens is 86.1 g/mol. The molecule has 1 heterocycles. The third kappa shape index (κ3) is 1.000. The number of hydrogen-bond acceptors (Lipinski definition) is 1. The Balaban J connectivity index is 3.02. The maximum absolute atomic E-state index is 3.72. The Hall–Kier alpha value is -0.850. The van der Waals surface area contributed by atoms with Crippen LogP contribution in [0.25, 0.3) is 0 Å². The molecule has 0 bridgehead atoms. The van der Waals surface area contributed by atoms with Crippen LogP contribution in [0.15, 0.2) is 18.3 Å². The summed E-state index contributed by atoms with van der Waals surface area (Å²) in [6, 6.07) is 3.79. The van der Waals surface area contributed by atoms with Crippen LogP contribution in [-0.2, 0) is 0 Å². The molecule has 0 saturated carbocycles. The molecular formula is C6H6N. The van der Waals surface area contributed by atoms with Crippen molar-refractivity contribution < 1.29 is 0 Å². The SMILES string of the molecule is Cc1c[c]ncc1. The van der Waals surface area contributed by atoms with Crippen LogP contribution in [-0.4, -0.2) is 4.98 Å². The van der Waals surface area contributed by atoms with E-state index in [4.69, 9.17) is 0 Å². The number of nitrogens with zero attached hydrogens (tertiary/aromatic N) is 1. The van der Waals surface area contributed by atoms with E-state index in [2.05, 4.69) is 11.2 Å². The van der Waals surface area contributed by atoms with Gasteiger partial charge in [0.1, 0.15) is 0 Å². The fourth-order valence-corrected chi connectivity index (χ4v) is 0.385. The van der Waals surface area contributed by atoms with Gasteiger partial charge in [0.25, 0.3) is 0 Å². The lowest BCUT2D eigenvalue weighted by atomic mass is 10.3. The van der Waals surface area contributed by atoms with Gasteiger partial charge in [-0.1, -0.05) is 0 Å². The van der Waals surface area contributed by atoms with Gasteiger partial charge in [-0.15, -0.1) is 0 Å². The van der Waals surface area contributed by atoms with Gasteiger partial charge in [-0.3, -0.25) is 4.98 Å². The van der Waals surface area contributed by atoms with Crippen LogP contribution in [0.5, 0.6) is 0 Å². The average Bonchev–Trinajstić information content (AvgIpc) is 1.69. The van der Waals surface area contributed by atoms with Crippen molar-refractivity contribution in [2.45, 2.75) is 6.92 Å². The van der Waals surface area contributed by atoms with Crippen LogP contribution in [0, 0.1) is 13.1 Å². The molecule has 0 fully saturated rings. The van der Waals surface area contributed by atoms with E-state index in [1.54, 1.807) is 6.20 Å². The van der Waals surface area contributed by atoms with Gasteiger partial charge in [-0.2, -0.15) is 0 Å². The molecule has 1 aromatic heterocycles. The van der Waals surface area contributed by atoms with Crippen molar-refractivity contribution in [1.29, 1.82) is 0 Å². The van der Waals surface area contributed by atoms with Crippen molar-refractivity contribution in [3.05, 3.63) is 30.1 Å². The molecule has 0 N–H and O–H groups in total. The summed E-state index contributed by atoms with van der Waals surface area (Å²) in [7, 11) is 0. The van der Waals surface area contributed by atoms with E-state index in [0.29, 0.717) is 0 Å². The topological polar surface area (TPSA) is 12.9 Å². The minimum atomic E-state index is 1.20. The van der Waals surface area contributed by atoms with Gasteiger partial charge in [0.2, 0.25) is 0 Å². The summed E-state index contributed by atoms with van der Waals surface area (Å²) in [6.07, 6.45) is 4.44. The van der Waals surface area contributed by atoms with Crippen LogP contribution in [0.1, 0.15) is 5.56 Å². The van der Waals surface area contributed by atoms with Crippen LogP contribution >= 0.6 is 0 Å². The first-order valence-electron chi connectivity index (χ1n) is 2.18. The van der Waals surface area contributed by atoms with Crippen molar-refractivity contribution >= 4 is 0 Å². The fourth-order valence-electron chi connectivity index (χ4n) is 0.385. The zero-order chi connectivity index (χ0) is 5.11. The Bertz CT molecular complexity index is 134. The first-order valence-corrected chi connectivity index (χ1v) is 2.18. The van der Waals surface area contributed by atoms with Gasteiger partial charge in [-0.05, 0) is 24.6 Å². The van der Waals surface area contributed by atoms with Crippen LogP contribution in [0.2, 0.25) is 0 Å². The minimum absolute atomic E-state index is 1.20. The van der Waals surface area contributed by atoms with Gasteiger partial charge in [0, 0.05) is 6.20 Å². The van der Waals surface area contributed by atoms with E-state index >= 15 is 0 Å². The van der Waals surface area contributed by atoms with Gasteiger partial charge in [0.15, 0.2) is 0 Å².